The molecule has 50 valence electrons. The maximum Gasteiger partial charge on any atom is 0.00552 e. The molecule has 0 unspecified atom stereocenters. The third-order valence-corrected chi connectivity index (χ3v) is 1.72. The Morgan fingerprint density at radius 3 is 2.75 bits per heavy atom. The van der Waals surface area contributed by atoms with Crippen molar-refractivity contribution in [2.24, 2.45) is 5.73 Å². The minimum atomic E-state index is 0.786. The van der Waals surface area contributed by atoms with E-state index in [4.69, 9.17) is 5.73 Å². The molecule has 0 fully saturated rings. The molecule has 3 heteroatoms. The van der Waals surface area contributed by atoms with Crippen LogP contribution in [-0.2, 0) is 0 Å². The number of thioether (sulfide) groups is 1. The lowest BCUT2D eigenvalue weighted by atomic mass is 10.8. The highest BCUT2D eigenvalue weighted by molar-refractivity contribution is 7.99. The standard InChI is InChI=1S/C5H13N2S/c1-7-3-5-8-4-2-6/h2-6H2,1H3/q-1. The summed E-state index contributed by atoms with van der Waals surface area (Å²) in [7, 11) is 1.84. The number of hydrogen-bond acceptors (Lipinski definition) is 2. The van der Waals surface area contributed by atoms with Crippen LogP contribution in [0.2, 0.25) is 0 Å². The fourth-order valence-electron chi connectivity index (χ4n) is 0.341. The fraction of sp³-hybridized carbons (Fsp3) is 1.00. The highest BCUT2D eigenvalue weighted by Gasteiger charge is 1.78. The summed E-state index contributed by atoms with van der Waals surface area (Å²) in [4.78, 5) is 0. The maximum absolute atomic E-state index is 5.26. The SMILES string of the molecule is C[N-]CCSCCN. The van der Waals surface area contributed by atoms with Gasteiger partial charge in [-0.2, -0.15) is 18.8 Å². The first-order valence-electron chi connectivity index (χ1n) is 2.75. The van der Waals surface area contributed by atoms with E-state index < -0.39 is 0 Å². The van der Waals surface area contributed by atoms with Gasteiger partial charge in [0, 0.05) is 12.3 Å². The van der Waals surface area contributed by atoms with Crippen molar-refractivity contribution in [1.82, 2.24) is 0 Å². The molecule has 0 spiro atoms. The predicted molar refractivity (Wildman–Crippen MR) is 40.5 cm³/mol. The zero-order valence-electron chi connectivity index (χ0n) is 5.26. The Hall–Kier alpha value is 0.270. The van der Waals surface area contributed by atoms with Gasteiger partial charge in [-0.1, -0.05) is 0 Å². The van der Waals surface area contributed by atoms with Crippen LogP contribution in [0.25, 0.3) is 5.32 Å². The lowest BCUT2D eigenvalue weighted by Gasteiger charge is -2.08. The zero-order chi connectivity index (χ0) is 6.24. The van der Waals surface area contributed by atoms with Gasteiger partial charge in [-0.15, -0.1) is 6.54 Å². The number of hydrogen-bond donors (Lipinski definition) is 1. The second kappa shape index (κ2) is 7.27. The molecule has 0 aromatic heterocycles. The van der Waals surface area contributed by atoms with Crippen molar-refractivity contribution in [2.45, 2.75) is 0 Å². The van der Waals surface area contributed by atoms with Gasteiger partial charge in [-0.3, -0.25) is 0 Å². The molecule has 0 saturated heterocycles. The van der Waals surface area contributed by atoms with Crippen LogP contribution in [0.4, 0.5) is 0 Å². The minimum absolute atomic E-state index is 0.786. The van der Waals surface area contributed by atoms with Crippen LogP contribution in [0, 0.1) is 0 Å². The average Bonchev–Trinajstić information content (AvgIpc) is 1.81. The molecule has 0 saturated carbocycles. The number of nitrogens with zero attached hydrogens (tertiary/aromatic N) is 1. The highest BCUT2D eigenvalue weighted by Crippen LogP contribution is 1.97. The predicted octanol–water partition coefficient (Wildman–Crippen LogP) is 0.682. The second-order valence-corrected chi connectivity index (χ2v) is 2.67. The van der Waals surface area contributed by atoms with Crippen LogP contribution in [0.15, 0.2) is 0 Å². The van der Waals surface area contributed by atoms with Crippen LogP contribution >= 0.6 is 11.8 Å². The van der Waals surface area contributed by atoms with Gasteiger partial charge in [0.2, 0.25) is 0 Å². The van der Waals surface area contributed by atoms with E-state index in [0.29, 0.717) is 0 Å². The highest BCUT2D eigenvalue weighted by atomic mass is 32.2. The molecular formula is C5H13N2S-. The Bertz CT molecular complexity index is 35.4. The van der Waals surface area contributed by atoms with Gasteiger partial charge in [0.15, 0.2) is 0 Å². The topological polar surface area (TPSA) is 40.1 Å². The molecule has 0 aromatic carbocycles. The summed E-state index contributed by atoms with van der Waals surface area (Å²) in [5, 5.41) is 3.95. The lowest BCUT2D eigenvalue weighted by Crippen LogP contribution is -2.02. The van der Waals surface area contributed by atoms with Crippen LogP contribution < -0.4 is 5.73 Å². The quantitative estimate of drug-likeness (QED) is 0.560. The third-order valence-electron chi connectivity index (χ3n) is 0.721. The van der Waals surface area contributed by atoms with Crippen molar-refractivity contribution >= 4 is 11.8 Å². The summed E-state index contributed by atoms with van der Waals surface area (Å²) in [6.07, 6.45) is 0. The molecule has 0 atom stereocenters. The van der Waals surface area contributed by atoms with Gasteiger partial charge in [-0.25, -0.2) is 0 Å². The molecule has 0 aliphatic heterocycles. The van der Waals surface area contributed by atoms with E-state index in [1.165, 1.54) is 0 Å². The van der Waals surface area contributed by atoms with Gasteiger partial charge in [-0.05, 0) is 5.75 Å². The summed E-state index contributed by atoms with van der Waals surface area (Å²) in [5.41, 5.74) is 5.26. The Kier molecular flexibility index (Phi) is 7.52. The molecule has 2 N–H and O–H groups in total. The first kappa shape index (κ1) is 8.27. The molecular weight excluding hydrogens is 120 g/mol. The van der Waals surface area contributed by atoms with E-state index in [-0.39, 0.29) is 0 Å². The van der Waals surface area contributed by atoms with Crippen molar-refractivity contribution < 1.29 is 0 Å². The molecule has 0 radical (unpaired) electrons. The molecule has 2 nitrogen and oxygen atoms in total. The Morgan fingerprint density at radius 1 is 1.50 bits per heavy atom. The maximum atomic E-state index is 5.26. The summed E-state index contributed by atoms with van der Waals surface area (Å²) in [5.74, 6) is 2.18. The van der Waals surface area contributed by atoms with E-state index in [9.17, 15) is 0 Å². The van der Waals surface area contributed by atoms with Crippen LogP contribution in [0.5, 0.6) is 0 Å². The van der Waals surface area contributed by atoms with Crippen LogP contribution in [-0.4, -0.2) is 31.6 Å². The lowest BCUT2D eigenvalue weighted by molar-refractivity contribution is 1.14. The first-order chi connectivity index (χ1) is 3.91. The van der Waals surface area contributed by atoms with E-state index in [1.54, 1.807) is 0 Å². The van der Waals surface area contributed by atoms with Gasteiger partial charge < -0.3 is 11.1 Å². The molecule has 0 rings (SSSR count). The first-order valence-corrected chi connectivity index (χ1v) is 3.90. The van der Waals surface area contributed by atoms with E-state index in [0.717, 1.165) is 24.6 Å². The largest absolute Gasteiger partial charge is 0.664 e. The van der Waals surface area contributed by atoms with E-state index in [1.807, 2.05) is 18.8 Å². The van der Waals surface area contributed by atoms with E-state index in [2.05, 4.69) is 5.32 Å². The van der Waals surface area contributed by atoms with E-state index >= 15 is 0 Å². The number of nitrogens with two attached hydrogens (primary N) is 1. The molecule has 0 amide bonds. The van der Waals surface area contributed by atoms with Crippen molar-refractivity contribution in [2.75, 3.05) is 31.6 Å². The third kappa shape index (κ3) is 6.27. The molecule has 8 heavy (non-hydrogen) atoms. The molecule has 0 aliphatic rings. The van der Waals surface area contributed by atoms with Gasteiger partial charge >= 0.3 is 0 Å². The Balaban J connectivity index is 2.53. The summed E-state index contributed by atoms with van der Waals surface area (Å²) < 4.78 is 0. The second-order valence-electron chi connectivity index (χ2n) is 1.44. The smallest absolute Gasteiger partial charge is 0.00552 e. The summed E-state index contributed by atoms with van der Waals surface area (Å²) in [6.45, 7) is 1.75. The van der Waals surface area contributed by atoms with Crippen molar-refractivity contribution in [3.8, 4) is 0 Å². The fourth-order valence-corrected chi connectivity index (χ4v) is 1.02. The minimum Gasteiger partial charge on any atom is -0.664 e. The van der Waals surface area contributed by atoms with Gasteiger partial charge in [0.25, 0.3) is 0 Å². The van der Waals surface area contributed by atoms with Crippen LogP contribution in [0.1, 0.15) is 0 Å². The Morgan fingerprint density at radius 2 is 2.25 bits per heavy atom. The molecule has 0 aromatic rings. The van der Waals surface area contributed by atoms with Crippen LogP contribution in [0.3, 0.4) is 0 Å². The monoisotopic (exact) mass is 133 g/mol. The Labute approximate surface area is 55.2 Å². The summed E-state index contributed by atoms with van der Waals surface area (Å²) >= 11 is 1.86. The van der Waals surface area contributed by atoms with Gasteiger partial charge in [0.05, 0.1) is 0 Å². The normalized spacial score (nSPS) is 9.75. The zero-order valence-corrected chi connectivity index (χ0v) is 6.08. The summed E-state index contributed by atoms with van der Waals surface area (Å²) in [6, 6.07) is 0. The average molecular weight is 133 g/mol. The molecule has 0 aliphatic carbocycles. The van der Waals surface area contributed by atoms with Crippen molar-refractivity contribution in [1.29, 1.82) is 0 Å². The van der Waals surface area contributed by atoms with Crippen molar-refractivity contribution in [3.63, 3.8) is 0 Å². The number of rotatable bonds is 5. The molecule has 0 bridgehead atoms. The van der Waals surface area contributed by atoms with Gasteiger partial charge in [0.1, 0.15) is 0 Å². The molecule has 0 heterocycles. The van der Waals surface area contributed by atoms with Crippen molar-refractivity contribution in [3.05, 3.63) is 5.32 Å².